The van der Waals surface area contributed by atoms with E-state index in [2.05, 4.69) is 4.98 Å². The van der Waals surface area contributed by atoms with Crippen molar-refractivity contribution < 1.29 is 13.2 Å². The zero-order chi connectivity index (χ0) is 16.4. The fourth-order valence-corrected chi connectivity index (χ4v) is 3.72. The third kappa shape index (κ3) is 3.47. The van der Waals surface area contributed by atoms with E-state index in [4.69, 9.17) is 0 Å². The molecule has 1 atom stereocenters. The Bertz CT molecular complexity index is 832. The van der Waals surface area contributed by atoms with Crippen LogP contribution < -0.4 is 4.31 Å². The van der Waals surface area contributed by atoms with Gasteiger partial charge in [-0.3, -0.25) is 4.55 Å². The summed E-state index contributed by atoms with van der Waals surface area (Å²) < 4.78 is 35.7. The van der Waals surface area contributed by atoms with Crippen molar-refractivity contribution in [2.45, 2.75) is 6.92 Å². The molecule has 0 radical (unpaired) electrons. The second kappa shape index (κ2) is 6.57. The number of nitrogens with zero attached hydrogens (tertiary/aromatic N) is 2. The topological polar surface area (TPSA) is 53.4 Å². The van der Waals surface area contributed by atoms with Gasteiger partial charge in [0.25, 0.3) is 11.3 Å². The number of halogens is 1. The summed E-state index contributed by atoms with van der Waals surface area (Å²) in [6.07, 6.45) is 1.54. The molecule has 0 fully saturated rings. The summed E-state index contributed by atoms with van der Waals surface area (Å²) in [5.74, 6) is -0.316. The van der Waals surface area contributed by atoms with Crippen molar-refractivity contribution in [3.8, 4) is 10.6 Å². The molecule has 1 aromatic heterocycles. The third-order valence-corrected chi connectivity index (χ3v) is 5.08. The number of rotatable bonds is 4. The van der Waals surface area contributed by atoms with Crippen LogP contribution in [0.1, 0.15) is 5.56 Å². The maximum absolute atomic E-state index is 13.0. The van der Waals surface area contributed by atoms with Gasteiger partial charge in [-0.05, 0) is 43.3 Å². The molecule has 0 bridgehead atoms. The summed E-state index contributed by atoms with van der Waals surface area (Å²) in [5.41, 5.74) is 2.43. The summed E-state index contributed by atoms with van der Waals surface area (Å²) in [5, 5.41) is 1.19. The molecular formula is C16H13FN2O2S2. The van der Waals surface area contributed by atoms with Crippen LogP contribution in [0.4, 0.5) is 15.1 Å². The van der Waals surface area contributed by atoms with Crippen molar-refractivity contribution >= 4 is 33.3 Å². The smallest absolute Gasteiger partial charge is 0.267 e. The first-order valence-electron chi connectivity index (χ1n) is 6.74. The Kier molecular flexibility index (Phi) is 4.51. The maximum Gasteiger partial charge on any atom is 0.267 e. The molecule has 0 aliphatic heterocycles. The fourth-order valence-electron chi connectivity index (χ4n) is 2.06. The lowest BCUT2D eigenvalue weighted by molar-refractivity contribution is 0.565. The first kappa shape index (κ1) is 15.8. The van der Waals surface area contributed by atoms with Crippen molar-refractivity contribution in [2.75, 3.05) is 4.31 Å². The Morgan fingerprint density at radius 3 is 2.39 bits per heavy atom. The third-order valence-electron chi connectivity index (χ3n) is 3.21. The lowest BCUT2D eigenvalue weighted by atomic mass is 10.2. The molecule has 0 aliphatic rings. The zero-order valence-electron chi connectivity index (χ0n) is 12.1. The summed E-state index contributed by atoms with van der Waals surface area (Å²) in [4.78, 5) is 4.27. The minimum atomic E-state index is -2.21. The van der Waals surface area contributed by atoms with Gasteiger partial charge in [0, 0.05) is 5.56 Å². The molecule has 7 heteroatoms. The molecule has 1 N–H and O–H groups in total. The normalized spacial score (nSPS) is 12.1. The molecule has 1 heterocycles. The highest BCUT2D eigenvalue weighted by atomic mass is 32.2. The van der Waals surface area contributed by atoms with Gasteiger partial charge < -0.3 is 0 Å². The average molecular weight is 348 g/mol. The summed E-state index contributed by atoms with van der Waals surface area (Å²) >= 11 is -0.948. The van der Waals surface area contributed by atoms with Crippen LogP contribution in [0.15, 0.2) is 54.7 Å². The first-order valence-corrected chi connectivity index (χ1v) is 8.62. The molecule has 23 heavy (non-hydrogen) atoms. The van der Waals surface area contributed by atoms with Crippen molar-refractivity contribution in [1.82, 2.24) is 4.98 Å². The minimum Gasteiger partial charge on any atom is -0.289 e. The van der Waals surface area contributed by atoms with Gasteiger partial charge in [0.15, 0.2) is 0 Å². The Labute approximate surface area is 139 Å². The van der Waals surface area contributed by atoms with E-state index in [0.717, 1.165) is 11.1 Å². The number of hydrogen-bond donors (Lipinski definition) is 1. The molecule has 0 spiro atoms. The zero-order valence-corrected chi connectivity index (χ0v) is 13.8. The molecule has 2 aromatic carbocycles. The monoisotopic (exact) mass is 348 g/mol. The lowest BCUT2D eigenvalue weighted by Gasteiger charge is -2.17. The Morgan fingerprint density at radius 2 is 1.78 bits per heavy atom. The molecule has 4 nitrogen and oxygen atoms in total. The summed E-state index contributed by atoms with van der Waals surface area (Å²) in [7, 11) is 0. The first-order chi connectivity index (χ1) is 11.0. The van der Waals surface area contributed by atoms with E-state index in [1.807, 2.05) is 19.1 Å². The second-order valence-electron chi connectivity index (χ2n) is 4.87. The highest BCUT2D eigenvalue weighted by Crippen LogP contribution is 2.35. The number of benzene rings is 2. The molecule has 0 amide bonds. The van der Waals surface area contributed by atoms with E-state index in [-0.39, 0.29) is 5.82 Å². The van der Waals surface area contributed by atoms with E-state index < -0.39 is 11.3 Å². The van der Waals surface area contributed by atoms with Gasteiger partial charge in [-0.1, -0.05) is 29.0 Å². The Hall–Kier alpha value is -2.09. The average Bonchev–Trinajstić information content (AvgIpc) is 2.99. The highest BCUT2D eigenvalue weighted by molar-refractivity contribution is 7.81. The van der Waals surface area contributed by atoms with Crippen LogP contribution in [0, 0.1) is 12.7 Å². The van der Waals surface area contributed by atoms with E-state index in [0.29, 0.717) is 15.7 Å². The van der Waals surface area contributed by atoms with Gasteiger partial charge in [0.2, 0.25) is 0 Å². The van der Waals surface area contributed by atoms with Crippen molar-refractivity contribution in [3.05, 3.63) is 66.1 Å². The molecule has 3 rings (SSSR count). The van der Waals surface area contributed by atoms with Crippen LogP contribution in [-0.4, -0.2) is 13.7 Å². The predicted molar refractivity (Wildman–Crippen MR) is 91.6 cm³/mol. The quantitative estimate of drug-likeness (QED) is 0.705. The number of thiazole rings is 1. The lowest BCUT2D eigenvalue weighted by Crippen LogP contribution is -2.17. The van der Waals surface area contributed by atoms with E-state index >= 15 is 0 Å². The fraction of sp³-hybridized carbons (Fsp3) is 0.0625. The number of hydrogen-bond acceptors (Lipinski definition) is 3. The van der Waals surface area contributed by atoms with E-state index in [1.165, 1.54) is 34.0 Å². The summed E-state index contributed by atoms with van der Waals surface area (Å²) in [6, 6.07) is 13.3. The molecule has 118 valence electrons. The number of aromatic nitrogens is 1. The van der Waals surface area contributed by atoms with E-state index in [9.17, 15) is 13.2 Å². The van der Waals surface area contributed by atoms with Gasteiger partial charge in [-0.15, -0.1) is 0 Å². The Morgan fingerprint density at radius 1 is 1.13 bits per heavy atom. The minimum absolute atomic E-state index is 0.316. The molecule has 0 saturated heterocycles. The van der Waals surface area contributed by atoms with Crippen LogP contribution in [0.3, 0.4) is 0 Å². The van der Waals surface area contributed by atoms with Gasteiger partial charge in [0.1, 0.15) is 15.8 Å². The van der Waals surface area contributed by atoms with Gasteiger partial charge in [0.05, 0.1) is 11.9 Å². The van der Waals surface area contributed by atoms with Gasteiger partial charge >= 0.3 is 0 Å². The molecule has 3 aromatic rings. The van der Waals surface area contributed by atoms with Crippen molar-refractivity contribution in [3.63, 3.8) is 0 Å². The standard InChI is InChI=1S/C16H13FN2O2S2/c1-11-2-8-14(9-3-11)19(23(20)21)15-10-18-16(22-15)12-4-6-13(17)7-5-12/h2-10H,1H3,(H,20,21). The molecule has 0 aliphatic carbocycles. The van der Waals surface area contributed by atoms with Gasteiger partial charge in [-0.25, -0.2) is 17.9 Å². The Balaban J connectivity index is 1.97. The SMILES string of the molecule is Cc1ccc(N(c2cnc(-c3ccc(F)cc3)s2)S(=O)O)cc1. The van der Waals surface area contributed by atoms with Gasteiger partial charge in [-0.2, -0.15) is 0 Å². The summed E-state index contributed by atoms with van der Waals surface area (Å²) in [6.45, 7) is 1.95. The molecule has 0 saturated carbocycles. The largest absolute Gasteiger partial charge is 0.289 e. The van der Waals surface area contributed by atoms with Crippen LogP contribution >= 0.6 is 11.3 Å². The van der Waals surface area contributed by atoms with E-state index in [1.54, 1.807) is 24.3 Å². The highest BCUT2D eigenvalue weighted by Gasteiger charge is 2.18. The molecular weight excluding hydrogens is 335 g/mol. The van der Waals surface area contributed by atoms with Crippen LogP contribution in [0.5, 0.6) is 0 Å². The van der Waals surface area contributed by atoms with Crippen LogP contribution in [0.2, 0.25) is 0 Å². The predicted octanol–water partition coefficient (Wildman–Crippen LogP) is 4.53. The maximum atomic E-state index is 13.0. The van der Waals surface area contributed by atoms with Crippen LogP contribution in [-0.2, 0) is 11.3 Å². The number of anilines is 2. The van der Waals surface area contributed by atoms with Crippen LogP contribution in [0.25, 0.3) is 10.6 Å². The second-order valence-corrected chi connectivity index (χ2v) is 6.71. The van der Waals surface area contributed by atoms with Crippen molar-refractivity contribution in [2.24, 2.45) is 0 Å². The number of aryl methyl sites for hydroxylation is 1. The molecule has 1 unspecified atom stereocenters. The van der Waals surface area contributed by atoms with Crippen molar-refractivity contribution in [1.29, 1.82) is 0 Å².